The Morgan fingerprint density at radius 2 is 1.34 bits per heavy atom. The number of hydrogen-bond acceptors (Lipinski definition) is 5. The van der Waals surface area contributed by atoms with Gasteiger partial charge in [-0.2, -0.15) is 0 Å². The molecule has 0 aliphatic heterocycles. The van der Waals surface area contributed by atoms with E-state index < -0.39 is 0 Å². The van der Waals surface area contributed by atoms with Gasteiger partial charge >= 0.3 is 5.97 Å². The fourth-order valence-corrected chi connectivity index (χ4v) is 4.22. The van der Waals surface area contributed by atoms with Crippen LogP contribution in [0.1, 0.15) is 72.2 Å². The number of rotatable bonds is 11. The molecule has 2 aromatic carbocycles. The highest BCUT2D eigenvalue weighted by Crippen LogP contribution is 2.28. The van der Waals surface area contributed by atoms with Crippen molar-refractivity contribution in [1.82, 2.24) is 10.6 Å². The van der Waals surface area contributed by atoms with Gasteiger partial charge in [-0.15, -0.1) is 0 Å². The summed E-state index contributed by atoms with van der Waals surface area (Å²) in [6.07, 6.45) is 5.28. The van der Waals surface area contributed by atoms with Crippen molar-refractivity contribution in [3.63, 3.8) is 0 Å². The van der Waals surface area contributed by atoms with Crippen molar-refractivity contribution >= 4 is 17.8 Å². The van der Waals surface area contributed by atoms with Gasteiger partial charge in [0.15, 0.2) is 0 Å². The Bertz CT molecular complexity index is 964. The van der Waals surface area contributed by atoms with E-state index in [-0.39, 0.29) is 29.8 Å². The van der Waals surface area contributed by atoms with Crippen LogP contribution < -0.4 is 15.4 Å². The van der Waals surface area contributed by atoms with E-state index in [1.807, 2.05) is 31.2 Å². The second kappa shape index (κ2) is 13.5. The molecule has 1 aliphatic carbocycles. The topological polar surface area (TPSA) is 93.7 Å². The lowest BCUT2D eigenvalue weighted by molar-refractivity contribution is -0.149. The normalized spacial score (nSPS) is 17.3. The Morgan fingerprint density at radius 1 is 0.800 bits per heavy atom. The molecule has 7 heteroatoms. The van der Waals surface area contributed by atoms with E-state index in [2.05, 4.69) is 17.6 Å². The van der Waals surface area contributed by atoms with Crippen LogP contribution in [-0.4, -0.2) is 43.6 Å². The van der Waals surface area contributed by atoms with Gasteiger partial charge < -0.3 is 20.1 Å². The number of aryl methyl sites for hydroxylation is 1. The molecule has 1 aliphatic rings. The van der Waals surface area contributed by atoms with Crippen molar-refractivity contribution in [1.29, 1.82) is 0 Å². The molecule has 1 fully saturated rings. The number of hydrogen-bond donors (Lipinski definition) is 2. The lowest BCUT2D eigenvalue weighted by Crippen LogP contribution is -2.34. The number of ether oxygens (including phenoxy) is 2. The summed E-state index contributed by atoms with van der Waals surface area (Å²) in [5, 5.41) is 5.65. The van der Waals surface area contributed by atoms with E-state index in [0.29, 0.717) is 36.6 Å². The van der Waals surface area contributed by atoms with Crippen molar-refractivity contribution in [3.05, 3.63) is 65.2 Å². The van der Waals surface area contributed by atoms with Crippen molar-refractivity contribution in [2.45, 2.75) is 58.5 Å². The summed E-state index contributed by atoms with van der Waals surface area (Å²) in [7, 11) is 0. The summed E-state index contributed by atoms with van der Waals surface area (Å²) in [5.74, 6) is 0.210. The Balaban J connectivity index is 1.36. The molecule has 0 heterocycles. The molecule has 0 radical (unpaired) electrons. The van der Waals surface area contributed by atoms with Crippen molar-refractivity contribution < 1.29 is 23.9 Å². The van der Waals surface area contributed by atoms with Crippen LogP contribution in [0.15, 0.2) is 48.5 Å². The first-order valence-corrected chi connectivity index (χ1v) is 12.6. The molecular weight excluding hydrogens is 444 g/mol. The van der Waals surface area contributed by atoms with Gasteiger partial charge in [0, 0.05) is 24.2 Å². The average Bonchev–Trinajstić information content (AvgIpc) is 2.88. The summed E-state index contributed by atoms with van der Waals surface area (Å²) in [5.41, 5.74) is 2.36. The zero-order valence-corrected chi connectivity index (χ0v) is 20.7. The zero-order chi connectivity index (χ0) is 25.0. The molecule has 2 amide bonds. The van der Waals surface area contributed by atoms with Gasteiger partial charge in [-0.1, -0.05) is 25.5 Å². The Hall–Kier alpha value is -3.35. The molecule has 0 atom stereocenters. The fourth-order valence-electron chi connectivity index (χ4n) is 4.22. The fraction of sp³-hybridized carbons (Fsp3) is 0.464. The van der Waals surface area contributed by atoms with Crippen molar-refractivity contribution in [2.24, 2.45) is 5.92 Å². The number of carbonyl (C=O) groups excluding carboxylic acids is 3. The molecule has 0 saturated heterocycles. The molecule has 2 N–H and O–H groups in total. The molecule has 7 nitrogen and oxygen atoms in total. The van der Waals surface area contributed by atoms with Crippen LogP contribution >= 0.6 is 0 Å². The third-order valence-electron chi connectivity index (χ3n) is 6.16. The molecule has 35 heavy (non-hydrogen) atoms. The second-order valence-electron chi connectivity index (χ2n) is 8.83. The number of esters is 1. The number of nitrogens with one attached hydrogen (secondary N) is 2. The van der Waals surface area contributed by atoms with Gasteiger partial charge in [-0.3, -0.25) is 14.4 Å². The lowest BCUT2D eigenvalue weighted by atomic mass is 9.87. The van der Waals surface area contributed by atoms with Crippen molar-refractivity contribution in [2.75, 3.05) is 19.7 Å². The smallest absolute Gasteiger partial charge is 0.308 e. The Kier molecular flexibility index (Phi) is 10.1. The van der Waals surface area contributed by atoms with Crippen LogP contribution in [0.5, 0.6) is 5.75 Å². The third-order valence-corrected chi connectivity index (χ3v) is 6.16. The highest BCUT2D eigenvalue weighted by atomic mass is 16.5. The van der Waals surface area contributed by atoms with Gasteiger partial charge in [-0.25, -0.2) is 0 Å². The van der Waals surface area contributed by atoms with Crippen LogP contribution in [0.4, 0.5) is 0 Å². The molecule has 3 rings (SSSR count). The summed E-state index contributed by atoms with van der Waals surface area (Å²) < 4.78 is 11.1. The molecule has 0 spiro atoms. The number of benzene rings is 2. The highest BCUT2D eigenvalue weighted by Gasteiger charge is 2.28. The van der Waals surface area contributed by atoms with Gasteiger partial charge in [0.2, 0.25) is 0 Å². The van der Waals surface area contributed by atoms with Crippen LogP contribution in [-0.2, 0) is 16.0 Å². The maximum absolute atomic E-state index is 12.4. The zero-order valence-electron chi connectivity index (χ0n) is 20.7. The minimum absolute atomic E-state index is 0.0306. The van der Waals surface area contributed by atoms with E-state index in [1.54, 1.807) is 24.3 Å². The summed E-state index contributed by atoms with van der Waals surface area (Å²) in [6, 6.07) is 14.6. The monoisotopic (exact) mass is 480 g/mol. The van der Waals surface area contributed by atoms with Gasteiger partial charge in [0.1, 0.15) is 5.75 Å². The van der Waals surface area contributed by atoms with E-state index in [0.717, 1.165) is 38.5 Å². The molecular formula is C28H36N2O5. The molecule has 1 saturated carbocycles. The third kappa shape index (κ3) is 8.12. The Morgan fingerprint density at radius 3 is 1.86 bits per heavy atom. The number of amides is 2. The minimum atomic E-state index is -0.204. The van der Waals surface area contributed by atoms with Gasteiger partial charge in [-0.05, 0) is 81.0 Å². The SMILES string of the molecule is CCCc1ccc(C(=O)NCCNC(=O)c2ccc(OC3CCC(C(=O)OCC)CC3)cc2)cc1. The molecule has 0 unspecified atom stereocenters. The largest absolute Gasteiger partial charge is 0.490 e. The Labute approximate surface area is 207 Å². The van der Waals surface area contributed by atoms with E-state index in [4.69, 9.17) is 9.47 Å². The average molecular weight is 481 g/mol. The van der Waals surface area contributed by atoms with Gasteiger partial charge in [0.05, 0.1) is 18.6 Å². The van der Waals surface area contributed by atoms with E-state index >= 15 is 0 Å². The first-order chi connectivity index (χ1) is 17.0. The summed E-state index contributed by atoms with van der Waals surface area (Å²) in [6.45, 7) is 5.04. The maximum Gasteiger partial charge on any atom is 0.308 e. The predicted molar refractivity (Wildman–Crippen MR) is 135 cm³/mol. The van der Waals surface area contributed by atoms with Crippen LogP contribution in [0.25, 0.3) is 0 Å². The molecule has 0 aromatic heterocycles. The first kappa shape index (κ1) is 26.3. The first-order valence-electron chi connectivity index (χ1n) is 12.6. The standard InChI is InChI=1S/C28H36N2O5/c1-3-5-20-6-8-21(9-7-20)26(31)29-18-19-30-27(32)22-10-14-24(15-11-22)35-25-16-12-23(13-17-25)28(33)34-4-2/h6-11,14-15,23,25H,3-5,12-13,16-19H2,1-2H3,(H,29,31)(H,30,32). The molecule has 2 aromatic rings. The number of carbonyl (C=O) groups is 3. The quantitative estimate of drug-likeness (QED) is 0.369. The summed E-state index contributed by atoms with van der Waals surface area (Å²) >= 11 is 0. The van der Waals surface area contributed by atoms with Crippen LogP contribution in [0.2, 0.25) is 0 Å². The second-order valence-corrected chi connectivity index (χ2v) is 8.83. The lowest BCUT2D eigenvalue weighted by Gasteiger charge is -2.27. The molecule has 188 valence electrons. The van der Waals surface area contributed by atoms with E-state index in [9.17, 15) is 14.4 Å². The van der Waals surface area contributed by atoms with Crippen molar-refractivity contribution in [3.8, 4) is 5.75 Å². The molecule has 0 bridgehead atoms. The van der Waals surface area contributed by atoms with E-state index in [1.165, 1.54) is 5.56 Å². The minimum Gasteiger partial charge on any atom is -0.490 e. The predicted octanol–water partition coefficient (Wildman–Crippen LogP) is 4.30. The maximum atomic E-state index is 12.4. The van der Waals surface area contributed by atoms with Crippen LogP contribution in [0.3, 0.4) is 0 Å². The highest BCUT2D eigenvalue weighted by molar-refractivity contribution is 5.95. The van der Waals surface area contributed by atoms with Gasteiger partial charge in [0.25, 0.3) is 11.8 Å². The summed E-state index contributed by atoms with van der Waals surface area (Å²) in [4.78, 5) is 36.5. The van der Waals surface area contributed by atoms with Crippen LogP contribution in [0, 0.1) is 5.92 Å².